The maximum Gasteiger partial charge on any atom is 0.274 e. The Hall–Kier alpha value is -2.47. The smallest absolute Gasteiger partial charge is 0.274 e. The molecule has 4 rings (SSSR count). The van der Waals surface area contributed by atoms with Crippen molar-refractivity contribution < 1.29 is 13.2 Å². The predicted molar refractivity (Wildman–Crippen MR) is 139 cm³/mol. The molecule has 0 saturated heterocycles. The lowest BCUT2D eigenvalue weighted by Crippen LogP contribution is -2.31. The van der Waals surface area contributed by atoms with E-state index in [0.717, 1.165) is 22.7 Å². The van der Waals surface area contributed by atoms with Crippen LogP contribution in [-0.4, -0.2) is 32.3 Å². The number of nitrogens with one attached hydrogen (secondary N) is 2. The first-order chi connectivity index (χ1) is 16.4. The van der Waals surface area contributed by atoms with Crippen LogP contribution in [0.4, 0.5) is 0 Å². The van der Waals surface area contributed by atoms with E-state index in [2.05, 4.69) is 27.6 Å². The quantitative estimate of drug-likeness (QED) is 0.190. The van der Waals surface area contributed by atoms with Crippen molar-refractivity contribution in [3.05, 3.63) is 76.6 Å². The van der Waals surface area contributed by atoms with Gasteiger partial charge in [0.25, 0.3) is 10.2 Å². The van der Waals surface area contributed by atoms with E-state index in [1.165, 1.54) is 10.1 Å². The minimum Gasteiger partial charge on any atom is -0.301 e. The topological polar surface area (TPSA) is 114 Å². The molecule has 1 atom stereocenters. The molecule has 0 aliphatic rings. The molecule has 2 aromatic heterocycles. The summed E-state index contributed by atoms with van der Waals surface area (Å²) in [4.78, 5) is 17.5. The molecular weight excluding hydrogens is 488 g/mol. The fraction of sp³-hybridized carbons (Fsp3) is 0.250. The van der Waals surface area contributed by atoms with Gasteiger partial charge in [0, 0.05) is 38.5 Å². The second-order valence-electron chi connectivity index (χ2n) is 7.88. The lowest BCUT2D eigenvalue weighted by atomic mass is 10.1. The van der Waals surface area contributed by atoms with Crippen molar-refractivity contribution in [1.29, 1.82) is 0 Å². The molecular formula is C24H26N4O3S3. The lowest BCUT2D eigenvalue weighted by Gasteiger charge is -2.17. The number of nitrogens with zero attached hydrogens (tertiary/aromatic N) is 1. The highest BCUT2D eigenvalue weighted by atomic mass is 32.2. The van der Waals surface area contributed by atoms with Crippen molar-refractivity contribution in [2.24, 2.45) is 5.14 Å². The Labute approximate surface area is 207 Å². The number of hydrogen-bond acceptors (Lipinski definition) is 7. The number of nitrogens with two attached hydrogens (primary N) is 1. The SMILES string of the molecule is NS(=O)(=O)NCCCCC(NCC(=O)c1ccccc1)c1csc(-c2csc3ccccc23)n1. The van der Waals surface area contributed by atoms with Crippen LogP contribution in [0.3, 0.4) is 0 Å². The van der Waals surface area contributed by atoms with Crippen LogP contribution in [0.5, 0.6) is 0 Å². The standard InChI is InChI=1S/C24H26N4O3S3/c25-34(30,31)27-13-7-6-11-20(26-14-22(29)17-8-2-1-3-9-17)21-16-33-24(28-21)19-15-32-23-12-5-4-10-18(19)23/h1-5,8-10,12,15-16,20,26-27H,6-7,11,13-14H2,(H2,25,30,31). The van der Waals surface area contributed by atoms with Crippen LogP contribution in [0.2, 0.25) is 0 Å². The Morgan fingerprint density at radius 3 is 2.56 bits per heavy atom. The number of Topliss-reactive ketones (excluding diaryl/α,β-unsaturated/α-hetero) is 1. The first-order valence-corrected chi connectivity index (χ1v) is 14.2. The van der Waals surface area contributed by atoms with Crippen molar-refractivity contribution in [1.82, 2.24) is 15.0 Å². The average Bonchev–Trinajstić information content (AvgIpc) is 3.47. The minimum atomic E-state index is -3.69. The minimum absolute atomic E-state index is 0.0146. The number of ketones is 1. The van der Waals surface area contributed by atoms with Gasteiger partial charge in [-0.15, -0.1) is 22.7 Å². The van der Waals surface area contributed by atoms with Crippen LogP contribution in [0, 0.1) is 0 Å². The van der Waals surface area contributed by atoms with E-state index in [1.807, 2.05) is 35.7 Å². The van der Waals surface area contributed by atoms with Crippen LogP contribution in [0.25, 0.3) is 20.7 Å². The molecule has 178 valence electrons. The van der Waals surface area contributed by atoms with Gasteiger partial charge in [0.05, 0.1) is 18.3 Å². The Bertz CT molecular complexity index is 1350. The van der Waals surface area contributed by atoms with Crippen LogP contribution in [0.1, 0.15) is 41.4 Å². The number of thiophene rings is 1. The second-order valence-corrected chi connectivity index (χ2v) is 11.0. The summed E-state index contributed by atoms with van der Waals surface area (Å²) >= 11 is 3.29. The predicted octanol–water partition coefficient (Wildman–Crippen LogP) is 4.50. The van der Waals surface area contributed by atoms with E-state index in [4.69, 9.17) is 10.1 Å². The fourth-order valence-corrected chi connectivity index (χ4v) is 6.05. The summed E-state index contributed by atoms with van der Waals surface area (Å²) in [6.07, 6.45) is 2.09. The molecule has 0 spiro atoms. The van der Waals surface area contributed by atoms with E-state index < -0.39 is 10.2 Å². The van der Waals surface area contributed by atoms with Gasteiger partial charge in [0.1, 0.15) is 5.01 Å². The van der Waals surface area contributed by atoms with Crippen molar-refractivity contribution in [3.8, 4) is 10.6 Å². The maximum absolute atomic E-state index is 12.6. The number of thiazole rings is 1. The molecule has 4 N–H and O–H groups in total. The van der Waals surface area contributed by atoms with Crippen LogP contribution >= 0.6 is 22.7 Å². The van der Waals surface area contributed by atoms with Crippen molar-refractivity contribution >= 4 is 48.8 Å². The number of fused-ring (bicyclic) bond motifs is 1. The Kier molecular flexibility index (Phi) is 8.19. The summed E-state index contributed by atoms with van der Waals surface area (Å²) in [5.74, 6) is 0.0146. The molecule has 0 fully saturated rings. The van der Waals surface area contributed by atoms with Gasteiger partial charge in [0.2, 0.25) is 0 Å². The number of hydrogen-bond donors (Lipinski definition) is 3. The van der Waals surface area contributed by atoms with Gasteiger partial charge < -0.3 is 5.32 Å². The number of benzene rings is 2. The normalized spacial score (nSPS) is 12.7. The highest BCUT2D eigenvalue weighted by molar-refractivity contribution is 7.87. The summed E-state index contributed by atoms with van der Waals surface area (Å²) in [5.41, 5.74) is 2.67. The third-order valence-corrected chi connectivity index (χ3v) is 7.88. The number of aromatic nitrogens is 1. The summed E-state index contributed by atoms with van der Waals surface area (Å²) in [7, 11) is -3.69. The molecule has 0 bridgehead atoms. The fourth-order valence-electron chi connectivity index (χ4n) is 3.70. The molecule has 1 unspecified atom stereocenters. The molecule has 0 radical (unpaired) electrons. The van der Waals surface area contributed by atoms with E-state index >= 15 is 0 Å². The number of rotatable bonds is 12. The summed E-state index contributed by atoms with van der Waals surface area (Å²) in [6, 6.07) is 17.3. The Balaban J connectivity index is 1.47. The van der Waals surface area contributed by atoms with Gasteiger partial charge in [-0.3, -0.25) is 4.79 Å². The van der Waals surface area contributed by atoms with Crippen molar-refractivity contribution in [3.63, 3.8) is 0 Å². The number of unbranched alkanes of at least 4 members (excludes halogenated alkanes) is 1. The summed E-state index contributed by atoms with van der Waals surface area (Å²) in [5, 5.41) is 14.7. The highest BCUT2D eigenvalue weighted by Gasteiger charge is 2.18. The number of carbonyl (C=O) groups is 1. The molecule has 0 amide bonds. The van der Waals surface area contributed by atoms with Gasteiger partial charge in [-0.2, -0.15) is 8.42 Å². The molecule has 7 nitrogen and oxygen atoms in total. The van der Waals surface area contributed by atoms with Gasteiger partial charge in [-0.25, -0.2) is 14.8 Å². The van der Waals surface area contributed by atoms with Gasteiger partial charge >= 0.3 is 0 Å². The lowest BCUT2D eigenvalue weighted by molar-refractivity contribution is 0.0986. The van der Waals surface area contributed by atoms with Crippen LogP contribution in [0.15, 0.2) is 65.4 Å². The van der Waals surface area contributed by atoms with E-state index in [9.17, 15) is 13.2 Å². The van der Waals surface area contributed by atoms with E-state index in [-0.39, 0.29) is 24.9 Å². The molecule has 0 aliphatic carbocycles. The first-order valence-electron chi connectivity index (χ1n) is 10.9. The second kappa shape index (κ2) is 11.3. The molecule has 2 heterocycles. The van der Waals surface area contributed by atoms with Crippen LogP contribution in [-0.2, 0) is 10.2 Å². The monoisotopic (exact) mass is 514 g/mol. The van der Waals surface area contributed by atoms with Crippen molar-refractivity contribution in [2.75, 3.05) is 13.1 Å². The molecule has 34 heavy (non-hydrogen) atoms. The van der Waals surface area contributed by atoms with E-state index in [0.29, 0.717) is 18.4 Å². The van der Waals surface area contributed by atoms with Gasteiger partial charge in [-0.05, 0) is 18.9 Å². The zero-order valence-electron chi connectivity index (χ0n) is 18.4. The summed E-state index contributed by atoms with van der Waals surface area (Å²) < 4.78 is 25.7. The molecule has 4 aromatic rings. The zero-order valence-corrected chi connectivity index (χ0v) is 20.9. The van der Waals surface area contributed by atoms with Crippen molar-refractivity contribution in [2.45, 2.75) is 25.3 Å². The molecule has 0 saturated carbocycles. The Morgan fingerprint density at radius 1 is 1.00 bits per heavy atom. The molecule has 2 aromatic carbocycles. The van der Waals surface area contributed by atoms with Crippen LogP contribution < -0.4 is 15.2 Å². The zero-order chi connectivity index (χ0) is 24.0. The number of carbonyl (C=O) groups excluding carboxylic acids is 1. The Morgan fingerprint density at radius 2 is 1.76 bits per heavy atom. The van der Waals surface area contributed by atoms with E-state index in [1.54, 1.807) is 34.8 Å². The third kappa shape index (κ3) is 6.56. The third-order valence-electron chi connectivity index (χ3n) is 5.42. The maximum atomic E-state index is 12.6. The molecule has 0 aliphatic heterocycles. The van der Waals surface area contributed by atoms with Gasteiger partial charge in [0.15, 0.2) is 5.78 Å². The molecule has 10 heteroatoms. The largest absolute Gasteiger partial charge is 0.301 e. The first kappa shape index (κ1) is 24.6. The van der Waals surface area contributed by atoms with Gasteiger partial charge in [-0.1, -0.05) is 55.0 Å². The highest BCUT2D eigenvalue weighted by Crippen LogP contribution is 2.36. The summed E-state index contributed by atoms with van der Waals surface area (Å²) in [6.45, 7) is 0.468. The average molecular weight is 515 g/mol.